The second kappa shape index (κ2) is 6.00. The fourth-order valence-electron chi connectivity index (χ4n) is 3.25. The van der Waals surface area contributed by atoms with Gasteiger partial charge in [-0.1, -0.05) is 54.6 Å². The Balaban J connectivity index is 1.88. The SMILES string of the molecule is CC1(C)c2ccccc2C(C(=O)O)N1C(=O)OCc1ccccc1. The Labute approximate surface area is 140 Å². The van der Waals surface area contributed by atoms with E-state index in [4.69, 9.17) is 4.74 Å². The maximum absolute atomic E-state index is 12.7. The highest BCUT2D eigenvalue weighted by Crippen LogP contribution is 2.46. The molecule has 0 aromatic heterocycles. The van der Waals surface area contributed by atoms with Crippen LogP contribution in [0.3, 0.4) is 0 Å². The van der Waals surface area contributed by atoms with E-state index >= 15 is 0 Å². The molecule has 1 aliphatic heterocycles. The van der Waals surface area contributed by atoms with E-state index in [-0.39, 0.29) is 6.61 Å². The zero-order valence-corrected chi connectivity index (χ0v) is 13.6. The molecule has 0 saturated heterocycles. The van der Waals surface area contributed by atoms with Gasteiger partial charge in [-0.25, -0.2) is 9.59 Å². The summed E-state index contributed by atoms with van der Waals surface area (Å²) in [5.41, 5.74) is 1.56. The van der Waals surface area contributed by atoms with Crippen LogP contribution in [-0.4, -0.2) is 22.1 Å². The van der Waals surface area contributed by atoms with Crippen molar-refractivity contribution < 1.29 is 19.4 Å². The first-order valence-electron chi connectivity index (χ1n) is 7.75. The van der Waals surface area contributed by atoms with Gasteiger partial charge in [0.2, 0.25) is 0 Å². The number of amides is 1. The molecular weight excluding hydrogens is 306 g/mol. The molecule has 0 aliphatic carbocycles. The van der Waals surface area contributed by atoms with Crippen LogP contribution in [0.1, 0.15) is 36.6 Å². The summed E-state index contributed by atoms with van der Waals surface area (Å²) >= 11 is 0. The molecule has 5 heteroatoms. The predicted molar refractivity (Wildman–Crippen MR) is 88.3 cm³/mol. The summed E-state index contributed by atoms with van der Waals surface area (Å²) in [5, 5.41) is 9.65. The van der Waals surface area contributed by atoms with E-state index in [1.54, 1.807) is 12.1 Å². The van der Waals surface area contributed by atoms with Crippen molar-refractivity contribution in [1.29, 1.82) is 0 Å². The summed E-state index contributed by atoms with van der Waals surface area (Å²) in [6.07, 6.45) is -0.632. The van der Waals surface area contributed by atoms with Gasteiger partial charge in [0, 0.05) is 0 Å². The Hall–Kier alpha value is -2.82. The summed E-state index contributed by atoms with van der Waals surface area (Å²) in [6.45, 7) is 3.77. The third-order valence-electron chi connectivity index (χ3n) is 4.41. The molecule has 1 unspecified atom stereocenters. The average Bonchev–Trinajstić information content (AvgIpc) is 2.82. The molecule has 1 N–H and O–H groups in total. The van der Waals surface area contributed by atoms with Gasteiger partial charge in [0.05, 0.1) is 5.54 Å². The second-order valence-electron chi connectivity index (χ2n) is 6.30. The molecule has 0 radical (unpaired) electrons. The topological polar surface area (TPSA) is 66.8 Å². The molecule has 24 heavy (non-hydrogen) atoms. The number of carboxylic acid groups (broad SMARTS) is 1. The molecule has 1 atom stereocenters. The molecule has 0 fully saturated rings. The molecular formula is C19H19NO4. The van der Waals surface area contributed by atoms with E-state index < -0.39 is 23.6 Å². The lowest BCUT2D eigenvalue weighted by Gasteiger charge is -2.34. The summed E-state index contributed by atoms with van der Waals surface area (Å²) in [4.78, 5) is 25.8. The fraction of sp³-hybridized carbons (Fsp3) is 0.263. The van der Waals surface area contributed by atoms with Crippen LogP contribution in [0.5, 0.6) is 0 Å². The van der Waals surface area contributed by atoms with E-state index in [9.17, 15) is 14.7 Å². The van der Waals surface area contributed by atoms with Crippen molar-refractivity contribution >= 4 is 12.1 Å². The van der Waals surface area contributed by atoms with Crippen LogP contribution in [-0.2, 0) is 21.7 Å². The van der Waals surface area contributed by atoms with Crippen molar-refractivity contribution in [3.8, 4) is 0 Å². The van der Waals surface area contributed by atoms with Crippen LogP contribution in [0.4, 0.5) is 4.79 Å². The summed E-state index contributed by atoms with van der Waals surface area (Å²) in [6, 6.07) is 15.5. The standard InChI is InChI=1S/C19H19NO4/c1-19(2)15-11-7-6-10-14(15)16(17(21)22)20(19)18(23)24-12-13-8-4-3-5-9-13/h3-11,16H,12H2,1-2H3,(H,21,22). The lowest BCUT2D eigenvalue weighted by molar-refractivity contribution is -0.144. The Morgan fingerprint density at radius 3 is 2.38 bits per heavy atom. The number of benzene rings is 2. The Morgan fingerprint density at radius 2 is 1.71 bits per heavy atom. The number of aliphatic carboxylic acids is 1. The summed E-state index contributed by atoms with van der Waals surface area (Å²) in [7, 11) is 0. The van der Waals surface area contributed by atoms with Crippen LogP contribution < -0.4 is 0 Å². The van der Waals surface area contributed by atoms with E-state index in [2.05, 4.69) is 0 Å². The molecule has 0 spiro atoms. The van der Waals surface area contributed by atoms with Crippen molar-refractivity contribution in [3.63, 3.8) is 0 Å². The van der Waals surface area contributed by atoms with E-state index in [1.807, 2.05) is 56.3 Å². The zero-order valence-electron chi connectivity index (χ0n) is 13.6. The lowest BCUT2D eigenvalue weighted by atomic mass is 9.93. The van der Waals surface area contributed by atoms with Crippen molar-refractivity contribution in [3.05, 3.63) is 71.3 Å². The third kappa shape index (κ3) is 2.62. The molecule has 5 nitrogen and oxygen atoms in total. The van der Waals surface area contributed by atoms with Gasteiger partial charge in [-0.15, -0.1) is 0 Å². The van der Waals surface area contributed by atoms with E-state index in [0.717, 1.165) is 11.1 Å². The normalized spacial score (nSPS) is 18.1. The fourth-order valence-corrected chi connectivity index (χ4v) is 3.25. The smallest absolute Gasteiger partial charge is 0.411 e. The van der Waals surface area contributed by atoms with Crippen molar-refractivity contribution in [2.24, 2.45) is 0 Å². The molecule has 2 aromatic rings. The first-order valence-corrected chi connectivity index (χ1v) is 7.75. The van der Waals surface area contributed by atoms with E-state index in [1.165, 1.54) is 4.90 Å². The molecule has 1 heterocycles. The minimum absolute atomic E-state index is 0.106. The minimum Gasteiger partial charge on any atom is -0.479 e. The maximum Gasteiger partial charge on any atom is 0.411 e. The number of ether oxygens (including phenoxy) is 1. The van der Waals surface area contributed by atoms with Crippen molar-refractivity contribution in [1.82, 2.24) is 4.90 Å². The molecule has 124 valence electrons. The quantitative estimate of drug-likeness (QED) is 0.934. The number of hydrogen-bond acceptors (Lipinski definition) is 3. The van der Waals surface area contributed by atoms with Gasteiger partial charge in [0.15, 0.2) is 6.04 Å². The van der Waals surface area contributed by atoms with Gasteiger partial charge >= 0.3 is 12.1 Å². The Kier molecular flexibility index (Phi) is 4.01. The molecule has 3 rings (SSSR count). The second-order valence-corrected chi connectivity index (χ2v) is 6.30. The largest absolute Gasteiger partial charge is 0.479 e. The monoisotopic (exact) mass is 325 g/mol. The van der Waals surface area contributed by atoms with Crippen molar-refractivity contribution in [2.45, 2.75) is 32.0 Å². The highest BCUT2D eigenvalue weighted by atomic mass is 16.6. The van der Waals surface area contributed by atoms with Crippen molar-refractivity contribution in [2.75, 3.05) is 0 Å². The molecule has 0 saturated carbocycles. The highest BCUT2D eigenvalue weighted by molar-refractivity contribution is 5.84. The number of carbonyl (C=O) groups excluding carboxylic acids is 1. The van der Waals surface area contributed by atoms with Gasteiger partial charge in [-0.3, -0.25) is 4.90 Å². The predicted octanol–water partition coefficient (Wildman–Crippen LogP) is 3.70. The van der Waals surface area contributed by atoms with Crippen LogP contribution in [0, 0.1) is 0 Å². The zero-order chi connectivity index (χ0) is 17.3. The summed E-state index contributed by atoms with van der Waals surface area (Å²) < 4.78 is 5.38. The van der Waals surface area contributed by atoms with Gasteiger partial charge in [-0.2, -0.15) is 0 Å². The molecule has 0 bridgehead atoms. The lowest BCUT2D eigenvalue weighted by Crippen LogP contribution is -2.44. The Bertz CT molecular complexity index is 770. The van der Waals surface area contributed by atoms with E-state index in [0.29, 0.717) is 5.56 Å². The minimum atomic E-state index is -1.07. The average molecular weight is 325 g/mol. The number of carboxylic acids is 1. The van der Waals surface area contributed by atoms with Gasteiger partial charge in [0.1, 0.15) is 6.61 Å². The first kappa shape index (κ1) is 16.1. The van der Waals surface area contributed by atoms with Gasteiger partial charge in [-0.05, 0) is 30.5 Å². The highest BCUT2D eigenvalue weighted by Gasteiger charge is 2.50. The maximum atomic E-state index is 12.7. The number of nitrogens with zero attached hydrogens (tertiary/aromatic N) is 1. The van der Waals surface area contributed by atoms with Crippen LogP contribution in [0.25, 0.3) is 0 Å². The number of fused-ring (bicyclic) bond motifs is 1. The number of carbonyl (C=O) groups is 2. The number of rotatable bonds is 3. The van der Waals surface area contributed by atoms with Gasteiger partial charge < -0.3 is 9.84 Å². The number of hydrogen-bond donors (Lipinski definition) is 1. The van der Waals surface area contributed by atoms with Crippen LogP contribution >= 0.6 is 0 Å². The van der Waals surface area contributed by atoms with Gasteiger partial charge in [0.25, 0.3) is 0 Å². The molecule has 2 aromatic carbocycles. The molecule has 1 aliphatic rings. The molecule has 1 amide bonds. The third-order valence-corrected chi connectivity index (χ3v) is 4.41. The first-order chi connectivity index (χ1) is 11.4. The summed E-state index contributed by atoms with van der Waals surface area (Å²) in [5.74, 6) is -1.07. The Morgan fingerprint density at radius 1 is 1.08 bits per heavy atom. The van der Waals surface area contributed by atoms with Crippen LogP contribution in [0.2, 0.25) is 0 Å². The van der Waals surface area contributed by atoms with Crippen LogP contribution in [0.15, 0.2) is 54.6 Å².